The Morgan fingerprint density at radius 3 is 2.67 bits per heavy atom. The molecule has 2 aromatic carbocycles. The first kappa shape index (κ1) is 18.0. The summed E-state index contributed by atoms with van der Waals surface area (Å²) in [7, 11) is 0. The molecule has 0 saturated heterocycles. The zero-order chi connectivity index (χ0) is 17.7. The summed E-state index contributed by atoms with van der Waals surface area (Å²) in [5.41, 5.74) is 2.50. The van der Waals surface area contributed by atoms with Crippen molar-refractivity contribution in [2.75, 3.05) is 11.9 Å². The summed E-state index contributed by atoms with van der Waals surface area (Å²) in [4.78, 5) is 24.0. The summed E-state index contributed by atoms with van der Waals surface area (Å²) in [5.74, 6) is -1.39. The highest BCUT2D eigenvalue weighted by molar-refractivity contribution is 9.10. The number of phenolic OH excluding ortho intramolecular Hbond substituents is 1. The Hall–Kier alpha value is -2.34. The van der Waals surface area contributed by atoms with Crippen LogP contribution in [0.4, 0.5) is 5.69 Å². The molecular formula is C18H18BrNO4. The van der Waals surface area contributed by atoms with E-state index >= 15 is 0 Å². The number of carbonyl (C=O) groups excluding carboxylic acids is 2. The van der Waals surface area contributed by atoms with Gasteiger partial charge in [0.25, 0.3) is 5.91 Å². The first-order valence-electron chi connectivity index (χ1n) is 7.46. The van der Waals surface area contributed by atoms with Gasteiger partial charge in [0.1, 0.15) is 11.3 Å². The molecule has 1 amide bonds. The van der Waals surface area contributed by atoms with Crippen LogP contribution >= 0.6 is 15.9 Å². The average Bonchev–Trinajstić information content (AvgIpc) is 2.56. The van der Waals surface area contributed by atoms with Crippen LogP contribution in [0.1, 0.15) is 28.4 Å². The number of aryl methyl sites for hydroxylation is 2. The Morgan fingerprint density at radius 2 is 1.96 bits per heavy atom. The number of esters is 1. The zero-order valence-electron chi connectivity index (χ0n) is 13.4. The monoisotopic (exact) mass is 391 g/mol. The Bertz CT molecular complexity index is 774. The molecule has 0 heterocycles. The molecule has 6 heteroatoms. The highest BCUT2D eigenvalue weighted by atomic mass is 79.9. The van der Waals surface area contributed by atoms with Gasteiger partial charge in [-0.1, -0.05) is 25.1 Å². The quantitative estimate of drug-likeness (QED) is 0.759. The van der Waals surface area contributed by atoms with Gasteiger partial charge >= 0.3 is 5.97 Å². The van der Waals surface area contributed by atoms with Gasteiger partial charge in [-0.15, -0.1) is 0 Å². The van der Waals surface area contributed by atoms with Crippen LogP contribution in [0.25, 0.3) is 0 Å². The predicted octanol–water partition coefficient (Wildman–Crippen LogP) is 3.82. The molecule has 0 fully saturated rings. The van der Waals surface area contributed by atoms with E-state index in [2.05, 4.69) is 21.2 Å². The van der Waals surface area contributed by atoms with Gasteiger partial charge in [-0.3, -0.25) is 4.79 Å². The molecule has 0 atom stereocenters. The van der Waals surface area contributed by atoms with Crippen molar-refractivity contribution in [3.63, 3.8) is 0 Å². The molecule has 0 unspecified atom stereocenters. The van der Waals surface area contributed by atoms with Gasteiger partial charge in [-0.2, -0.15) is 0 Å². The predicted molar refractivity (Wildman–Crippen MR) is 95.3 cm³/mol. The minimum absolute atomic E-state index is 0.0173. The number of hydrogen-bond acceptors (Lipinski definition) is 4. The summed E-state index contributed by atoms with van der Waals surface area (Å²) < 4.78 is 5.39. The first-order chi connectivity index (χ1) is 11.4. The molecular weight excluding hydrogens is 374 g/mol. The lowest BCUT2D eigenvalue weighted by Crippen LogP contribution is -2.21. The minimum Gasteiger partial charge on any atom is -0.506 e. The maximum Gasteiger partial charge on any atom is 0.342 e. The topological polar surface area (TPSA) is 75.6 Å². The van der Waals surface area contributed by atoms with E-state index in [1.807, 2.05) is 25.1 Å². The van der Waals surface area contributed by atoms with Crippen molar-refractivity contribution < 1.29 is 19.4 Å². The fourth-order valence-corrected chi connectivity index (χ4v) is 2.81. The van der Waals surface area contributed by atoms with E-state index in [9.17, 15) is 14.7 Å². The maximum atomic E-state index is 12.1. The maximum absolute atomic E-state index is 12.1. The number of amides is 1. The van der Waals surface area contributed by atoms with Crippen LogP contribution in [0, 0.1) is 6.92 Å². The van der Waals surface area contributed by atoms with Gasteiger partial charge in [-0.25, -0.2) is 4.79 Å². The third-order valence-corrected chi connectivity index (χ3v) is 4.04. The van der Waals surface area contributed by atoms with Crippen LogP contribution in [0.15, 0.2) is 40.9 Å². The van der Waals surface area contributed by atoms with Crippen LogP contribution < -0.4 is 5.32 Å². The number of rotatable bonds is 5. The van der Waals surface area contributed by atoms with Gasteiger partial charge in [0.15, 0.2) is 6.61 Å². The molecule has 0 radical (unpaired) electrons. The zero-order valence-corrected chi connectivity index (χ0v) is 15.0. The Morgan fingerprint density at radius 1 is 1.25 bits per heavy atom. The van der Waals surface area contributed by atoms with Crippen molar-refractivity contribution in [2.24, 2.45) is 0 Å². The average molecular weight is 392 g/mol. The number of nitrogens with one attached hydrogen (secondary N) is 1. The van der Waals surface area contributed by atoms with E-state index < -0.39 is 18.5 Å². The molecule has 0 spiro atoms. The van der Waals surface area contributed by atoms with Gasteiger partial charge in [0.05, 0.1) is 4.47 Å². The van der Waals surface area contributed by atoms with Crippen LogP contribution in [0.3, 0.4) is 0 Å². The number of para-hydroxylation sites is 1. The number of hydrogen-bond donors (Lipinski definition) is 2. The molecule has 24 heavy (non-hydrogen) atoms. The molecule has 2 rings (SSSR count). The Labute approximate surface area is 148 Å². The number of halogens is 1. The summed E-state index contributed by atoms with van der Waals surface area (Å²) in [5, 5.41) is 12.6. The van der Waals surface area contributed by atoms with Crippen LogP contribution in [-0.2, 0) is 16.0 Å². The number of carbonyl (C=O) groups is 2. The van der Waals surface area contributed by atoms with Crippen molar-refractivity contribution in [2.45, 2.75) is 20.3 Å². The second-order valence-electron chi connectivity index (χ2n) is 5.28. The largest absolute Gasteiger partial charge is 0.506 e. The molecule has 0 aliphatic carbocycles. The van der Waals surface area contributed by atoms with Crippen molar-refractivity contribution in [1.29, 1.82) is 0 Å². The van der Waals surface area contributed by atoms with Crippen LogP contribution in [-0.4, -0.2) is 23.6 Å². The van der Waals surface area contributed by atoms with Crippen molar-refractivity contribution in [3.8, 4) is 5.75 Å². The minimum atomic E-state index is -0.754. The lowest BCUT2D eigenvalue weighted by Gasteiger charge is -2.11. The number of aromatic hydroxyl groups is 1. The first-order valence-corrected chi connectivity index (χ1v) is 8.25. The molecule has 126 valence electrons. The lowest BCUT2D eigenvalue weighted by molar-refractivity contribution is -0.119. The van der Waals surface area contributed by atoms with Crippen LogP contribution in [0.5, 0.6) is 5.75 Å². The number of benzene rings is 2. The third-order valence-electron chi connectivity index (χ3n) is 3.43. The standard InChI is InChI=1S/C18H18BrNO4/c1-3-12-6-4-5-7-15(12)20-16(21)10-24-18(23)13-8-11(2)9-14(19)17(13)22/h4-9,22H,3,10H2,1-2H3,(H,20,21). The fourth-order valence-electron chi connectivity index (χ4n) is 2.24. The highest BCUT2D eigenvalue weighted by Crippen LogP contribution is 2.29. The summed E-state index contributed by atoms with van der Waals surface area (Å²) in [6, 6.07) is 10.6. The summed E-state index contributed by atoms with van der Waals surface area (Å²) >= 11 is 3.17. The molecule has 0 saturated carbocycles. The molecule has 5 nitrogen and oxygen atoms in total. The second kappa shape index (κ2) is 7.97. The lowest BCUT2D eigenvalue weighted by atomic mass is 10.1. The van der Waals surface area contributed by atoms with Crippen molar-refractivity contribution >= 4 is 33.5 Å². The normalized spacial score (nSPS) is 10.3. The van der Waals surface area contributed by atoms with Gasteiger partial charge in [0, 0.05) is 5.69 Å². The molecule has 0 aromatic heterocycles. The molecule has 0 aliphatic heterocycles. The number of phenols is 1. The van der Waals surface area contributed by atoms with Crippen LogP contribution in [0.2, 0.25) is 0 Å². The van der Waals surface area contributed by atoms with Crippen molar-refractivity contribution in [3.05, 3.63) is 57.6 Å². The summed E-state index contributed by atoms with van der Waals surface area (Å²) in [6.07, 6.45) is 0.779. The molecule has 2 aromatic rings. The van der Waals surface area contributed by atoms with Gasteiger partial charge in [-0.05, 0) is 58.6 Å². The fraction of sp³-hybridized carbons (Fsp3) is 0.222. The smallest absolute Gasteiger partial charge is 0.342 e. The second-order valence-corrected chi connectivity index (χ2v) is 6.13. The molecule has 0 aliphatic rings. The Kier molecular flexibility index (Phi) is 5.98. The third kappa shape index (κ3) is 4.35. The number of ether oxygens (including phenoxy) is 1. The molecule has 2 N–H and O–H groups in total. The molecule has 0 bridgehead atoms. The van der Waals surface area contributed by atoms with E-state index in [4.69, 9.17) is 4.74 Å². The van der Waals surface area contributed by atoms with Gasteiger partial charge in [0.2, 0.25) is 0 Å². The van der Waals surface area contributed by atoms with E-state index in [0.717, 1.165) is 17.5 Å². The number of anilines is 1. The van der Waals surface area contributed by atoms with E-state index in [0.29, 0.717) is 10.2 Å². The van der Waals surface area contributed by atoms with Crippen molar-refractivity contribution in [1.82, 2.24) is 0 Å². The highest BCUT2D eigenvalue weighted by Gasteiger charge is 2.17. The van der Waals surface area contributed by atoms with E-state index in [-0.39, 0.29) is 11.3 Å². The van der Waals surface area contributed by atoms with E-state index in [1.54, 1.807) is 19.1 Å². The van der Waals surface area contributed by atoms with E-state index in [1.165, 1.54) is 6.07 Å². The SMILES string of the molecule is CCc1ccccc1NC(=O)COC(=O)c1cc(C)cc(Br)c1O. The summed E-state index contributed by atoms with van der Waals surface area (Å²) in [6.45, 7) is 3.35. The Balaban J connectivity index is 2.00. The van der Waals surface area contributed by atoms with Gasteiger partial charge < -0.3 is 15.2 Å².